The predicted molar refractivity (Wildman–Crippen MR) is 77.1 cm³/mol. The van der Waals surface area contributed by atoms with Gasteiger partial charge in [0.25, 0.3) is 0 Å². The molecule has 1 unspecified atom stereocenters. The maximum absolute atomic E-state index is 11.8. The fourth-order valence-electron chi connectivity index (χ4n) is 1.73. The van der Waals surface area contributed by atoms with Crippen molar-refractivity contribution in [1.82, 2.24) is 15.1 Å². The third-order valence-corrected chi connectivity index (χ3v) is 3.18. The van der Waals surface area contributed by atoms with E-state index in [0.29, 0.717) is 25.3 Å². The fourth-order valence-corrected chi connectivity index (χ4v) is 1.73. The molecule has 0 bridgehead atoms. The van der Waals surface area contributed by atoms with Crippen LogP contribution in [0.4, 0.5) is 10.5 Å². The van der Waals surface area contributed by atoms with Gasteiger partial charge in [0.05, 0.1) is 25.0 Å². The lowest BCUT2D eigenvalue weighted by Crippen LogP contribution is -2.46. The number of anilines is 1. The van der Waals surface area contributed by atoms with Gasteiger partial charge in [-0.25, -0.2) is 9.59 Å². The van der Waals surface area contributed by atoms with Crippen LogP contribution in [0.1, 0.15) is 20.3 Å². The van der Waals surface area contributed by atoms with Crippen molar-refractivity contribution < 1.29 is 19.4 Å². The quantitative estimate of drug-likeness (QED) is 0.667. The van der Waals surface area contributed by atoms with Crippen LogP contribution in [0.25, 0.3) is 0 Å². The minimum Gasteiger partial charge on any atom is -0.480 e. The van der Waals surface area contributed by atoms with Crippen molar-refractivity contribution in [3.8, 4) is 0 Å². The number of amides is 2. The molecule has 3 N–H and O–H groups in total. The number of hydrogen-bond donors (Lipinski definition) is 3. The maximum atomic E-state index is 11.8. The van der Waals surface area contributed by atoms with Gasteiger partial charge in [-0.15, -0.1) is 0 Å². The standard InChI is InChI=1S/C13H22N4O4/c1-4-9(2)11(12(18)19)16-13(20)15-10-7-14-17(8-10)5-6-21-3/h7-9,11H,4-6H2,1-3H3,(H,18,19)(H2,15,16,20)/t9?,11-/m0/s1. The summed E-state index contributed by atoms with van der Waals surface area (Å²) in [7, 11) is 1.59. The molecule has 1 rings (SSSR count). The Kier molecular flexibility index (Phi) is 6.67. The van der Waals surface area contributed by atoms with Crippen LogP contribution in [0.2, 0.25) is 0 Å². The number of carboxylic acids is 1. The molecule has 118 valence electrons. The number of ether oxygens (including phenoxy) is 1. The summed E-state index contributed by atoms with van der Waals surface area (Å²) in [6.07, 6.45) is 3.80. The predicted octanol–water partition coefficient (Wildman–Crippen LogP) is 1.15. The van der Waals surface area contributed by atoms with Crippen LogP contribution in [-0.4, -0.2) is 46.6 Å². The van der Waals surface area contributed by atoms with Crippen LogP contribution in [0.15, 0.2) is 12.4 Å². The topological polar surface area (TPSA) is 105 Å². The van der Waals surface area contributed by atoms with E-state index in [2.05, 4.69) is 15.7 Å². The lowest BCUT2D eigenvalue weighted by molar-refractivity contribution is -0.140. The van der Waals surface area contributed by atoms with E-state index < -0.39 is 18.0 Å². The number of nitrogens with zero attached hydrogens (tertiary/aromatic N) is 2. The van der Waals surface area contributed by atoms with Gasteiger partial charge < -0.3 is 20.5 Å². The van der Waals surface area contributed by atoms with Gasteiger partial charge in [-0.2, -0.15) is 5.10 Å². The summed E-state index contributed by atoms with van der Waals surface area (Å²) in [6, 6.07) is -1.48. The van der Waals surface area contributed by atoms with E-state index in [9.17, 15) is 9.59 Å². The van der Waals surface area contributed by atoms with Crippen molar-refractivity contribution in [3.63, 3.8) is 0 Å². The molecule has 1 heterocycles. The highest BCUT2D eigenvalue weighted by Gasteiger charge is 2.25. The van der Waals surface area contributed by atoms with Gasteiger partial charge in [0, 0.05) is 13.3 Å². The Labute approximate surface area is 123 Å². The molecule has 0 radical (unpaired) electrons. The first-order valence-electron chi connectivity index (χ1n) is 6.79. The molecule has 8 nitrogen and oxygen atoms in total. The SMILES string of the molecule is CCC(C)[C@H](NC(=O)Nc1cnn(CCOC)c1)C(=O)O. The minimum atomic E-state index is -1.05. The third kappa shape index (κ3) is 5.42. The molecule has 0 aliphatic rings. The van der Waals surface area contributed by atoms with Crippen molar-refractivity contribution in [2.45, 2.75) is 32.9 Å². The molecule has 0 saturated carbocycles. The van der Waals surface area contributed by atoms with Gasteiger partial charge in [-0.05, 0) is 5.92 Å². The fraction of sp³-hybridized carbons (Fsp3) is 0.615. The van der Waals surface area contributed by atoms with E-state index in [1.54, 1.807) is 24.9 Å². The van der Waals surface area contributed by atoms with E-state index >= 15 is 0 Å². The summed E-state index contributed by atoms with van der Waals surface area (Å²) in [5, 5.41) is 18.2. The van der Waals surface area contributed by atoms with Crippen molar-refractivity contribution in [1.29, 1.82) is 0 Å². The number of carbonyl (C=O) groups excluding carboxylic acids is 1. The number of hydrogen-bond acceptors (Lipinski definition) is 4. The van der Waals surface area contributed by atoms with E-state index in [4.69, 9.17) is 9.84 Å². The summed E-state index contributed by atoms with van der Waals surface area (Å²) in [5.74, 6) is -1.20. The highest BCUT2D eigenvalue weighted by atomic mass is 16.5. The molecule has 0 fully saturated rings. The van der Waals surface area contributed by atoms with Crippen molar-refractivity contribution in [2.75, 3.05) is 19.0 Å². The van der Waals surface area contributed by atoms with E-state index in [1.807, 2.05) is 6.92 Å². The Morgan fingerprint density at radius 3 is 2.81 bits per heavy atom. The molecule has 0 aliphatic heterocycles. The van der Waals surface area contributed by atoms with Gasteiger partial charge in [0.15, 0.2) is 0 Å². The average molecular weight is 298 g/mol. The Bertz CT molecular complexity index is 474. The van der Waals surface area contributed by atoms with Gasteiger partial charge in [-0.3, -0.25) is 4.68 Å². The monoisotopic (exact) mass is 298 g/mol. The number of nitrogens with one attached hydrogen (secondary N) is 2. The number of aromatic nitrogens is 2. The molecule has 0 aliphatic carbocycles. The largest absolute Gasteiger partial charge is 0.480 e. The van der Waals surface area contributed by atoms with Crippen molar-refractivity contribution >= 4 is 17.7 Å². The smallest absolute Gasteiger partial charge is 0.326 e. The van der Waals surface area contributed by atoms with E-state index in [0.717, 1.165) is 0 Å². The molecular weight excluding hydrogens is 276 g/mol. The molecule has 2 atom stereocenters. The van der Waals surface area contributed by atoms with Crippen LogP contribution in [-0.2, 0) is 16.1 Å². The first-order valence-corrected chi connectivity index (χ1v) is 6.79. The second-order valence-electron chi connectivity index (χ2n) is 4.78. The second-order valence-corrected chi connectivity index (χ2v) is 4.78. The number of methoxy groups -OCH3 is 1. The number of carbonyl (C=O) groups is 2. The molecule has 2 amide bonds. The highest BCUT2D eigenvalue weighted by Crippen LogP contribution is 2.09. The summed E-state index contributed by atoms with van der Waals surface area (Å²) >= 11 is 0. The number of rotatable bonds is 8. The summed E-state index contributed by atoms with van der Waals surface area (Å²) in [4.78, 5) is 23.0. The van der Waals surface area contributed by atoms with Gasteiger partial charge in [-0.1, -0.05) is 20.3 Å². The summed E-state index contributed by atoms with van der Waals surface area (Å²) in [5.41, 5.74) is 0.497. The summed E-state index contributed by atoms with van der Waals surface area (Å²) < 4.78 is 6.56. The zero-order valence-electron chi connectivity index (χ0n) is 12.5. The van der Waals surface area contributed by atoms with Gasteiger partial charge in [0.1, 0.15) is 6.04 Å². The van der Waals surface area contributed by atoms with Crippen molar-refractivity contribution in [3.05, 3.63) is 12.4 Å². The number of carboxylic acid groups (broad SMARTS) is 1. The Balaban J connectivity index is 2.55. The number of urea groups is 1. The average Bonchev–Trinajstić information content (AvgIpc) is 2.88. The zero-order valence-corrected chi connectivity index (χ0v) is 12.5. The molecule has 0 spiro atoms. The molecule has 8 heteroatoms. The first kappa shape index (κ1) is 17.0. The third-order valence-electron chi connectivity index (χ3n) is 3.18. The normalized spacial score (nSPS) is 13.5. The second kappa shape index (κ2) is 8.25. The molecule has 0 aromatic carbocycles. The van der Waals surface area contributed by atoms with Gasteiger partial charge >= 0.3 is 12.0 Å². The van der Waals surface area contributed by atoms with Crippen LogP contribution < -0.4 is 10.6 Å². The van der Waals surface area contributed by atoms with Crippen LogP contribution >= 0.6 is 0 Å². The van der Waals surface area contributed by atoms with Crippen LogP contribution in [0.3, 0.4) is 0 Å². The van der Waals surface area contributed by atoms with E-state index in [1.165, 1.54) is 6.20 Å². The molecule has 1 aromatic rings. The van der Waals surface area contributed by atoms with E-state index in [-0.39, 0.29) is 5.92 Å². The van der Waals surface area contributed by atoms with Crippen LogP contribution in [0.5, 0.6) is 0 Å². The lowest BCUT2D eigenvalue weighted by Gasteiger charge is -2.20. The molecule has 1 aromatic heterocycles. The zero-order chi connectivity index (χ0) is 15.8. The molecular formula is C13H22N4O4. The molecule has 21 heavy (non-hydrogen) atoms. The minimum absolute atomic E-state index is 0.155. The Morgan fingerprint density at radius 1 is 1.52 bits per heavy atom. The van der Waals surface area contributed by atoms with Gasteiger partial charge in [0.2, 0.25) is 0 Å². The summed E-state index contributed by atoms with van der Waals surface area (Å²) in [6.45, 7) is 4.74. The van der Waals surface area contributed by atoms with Crippen LogP contribution in [0, 0.1) is 5.92 Å². The number of aliphatic carboxylic acids is 1. The first-order chi connectivity index (χ1) is 9.97. The lowest BCUT2D eigenvalue weighted by atomic mass is 9.99. The molecule has 0 saturated heterocycles. The maximum Gasteiger partial charge on any atom is 0.326 e. The highest BCUT2D eigenvalue weighted by molar-refractivity contribution is 5.92. The Hall–Kier alpha value is -2.09. The van der Waals surface area contributed by atoms with Crippen molar-refractivity contribution in [2.24, 2.45) is 5.92 Å². The Morgan fingerprint density at radius 2 is 2.24 bits per heavy atom.